The standard InChI is InChI=1S/C40H38N10O5/c1-22-6-4-7-23(2)35(22)45-36-29-20-41-40(46-37(29)48(3)47-36)43-28-11-10-25-14-15-49(21-26(25)18-28)33(52)17-24-8-5-9-27(16-24)42-30-19-34(53)50(39(30)55)31-12-13-32(51)44-38(31)54/h4-11,16,18-20,31,42H,12-15,17,21H2,1-3H3,(H,45,47)(H,41,43,46)(H,44,51,54). The number of aromatic nitrogens is 4. The average molecular weight is 739 g/mol. The Hall–Kier alpha value is -6.90. The molecule has 1 atom stereocenters. The van der Waals surface area contributed by atoms with Crippen LogP contribution in [0.25, 0.3) is 11.0 Å². The van der Waals surface area contributed by atoms with E-state index in [4.69, 9.17) is 4.98 Å². The number of aryl methyl sites for hydroxylation is 3. The molecule has 5 amide bonds. The molecular weight excluding hydrogens is 701 g/mol. The lowest BCUT2D eigenvalue weighted by Crippen LogP contribution is -2.54. The van der Waals surface area contributed by atoms with E-state index in [0.29, 0.717) is 42.6 Å². The van der Waals surface area contributed by atoms with E-state index in [9.17, 15) is 24.0 Å². The van der Waals surface area contributed by atoms with Gasteiger partial charge in [-0.15, -0.1) is 0 Å². The maximum atomic E-state index is 13.6. The van der Waals surface area contributed by atoms with Crippen LogP contribution in [-0.4, -0.2) is 71.7 Å². The molecule has 0 saturated carbocycles. The molecular formula is C40H38N10O5. The molecule has 8 rings (SSSR count). The zero-order valence-corrected chi connectivity index (χ0v) is 30.5. The molecule has 5 heterocycles. The Morgan fingerprint density at radius 3 is 2.49 bits per heavy atom. The van der Waals surface area contributed by atoms with Crippen molar-refractivity contribution in [3.05, 3.63) is 106 Å². The second kappa shape index (κ2) is 14.2. The number of carbonyl (C=O) groups is 5. The van der Waals surface area contributed by atoms with Crippen molar-refractivity contribution in [2.45, 2.75) is 52.1 Å². The van der Waals surface area contributed by atoms with E-state index < -0.39 is 29.7 Å². The number of carbonyl (C=O) groups excluding carboxylic acids is 5. The smallest absolute Gasteiger partial charge is 0.278 e. The highest BCUT2D eigenvalue weighted by Gasteiger charge is 2.42. The van der Waals surface area contributed by atoms with E-state index in [1.165, 1.54) is 5.56 Å². The summed E-state index contributed by atoms with van der Waals surface area (Å²) in [4.78, 5) is 75.3. The van der Waals surface area contributed by atoms with Crippen LogP contribution in [0.15, 0.2) is 78.6 Å². The summed E-state index contributed by atoms with van der Waals surface area (Å²) in [5.41, 5.74) is 8.16. The molecule has 3 aliphatic heterocycles. The van der Waals surface area contributed by atoms with Crippen molar-refractivity contribution in [3.63, 3.8) is 0 Å². The third-order valence-corrected chi connectivity index (χ3v) is 10.2. The highest BCUT2D eigenvalue weighted by molar-refractivity contribution is 6.20. The Balaban J connectivity index is 0.907. The number of piperidine rings is 1. The van der Waals surface area contributed by atoms with Crippen LogP contribution < -0.4 is 21.3 Å². The van der Waals surface area contributed by atoms with Crippen molar-refractivity contribution in [1.82, 2.24) is 34.9 Å². The molecule has 1 saturated heterocycles. The van der Waals surface area contributed by atoms with E-state index in [-0.39, 0.29) is 30.9 Å². The van der Waals surface area contributed by atoms with Crippen molar-refractivity contribution < 1.29 is 24.0 Å². The first-order chi connectivity index (χ1) is 26.5. The second-order valence-corrected chi connectivity index (χ2v) is 14.0. The number of fused-ring (bicyclic) bond motifs is 2. The summed E-state index contributed by atoms with van der Waals surface area (Å²) < 4.78 is 1.73. The molecule has 3 aliphatic rings. The number of hydrogen-bond acceptors (Lipinski definition) is 11. The van der Waals surface area contributed by atoms with E-state index in [2.05, 4.69) is 63.4 Å². The van der Waals surface area contributed by atoms with Crippen molar-refractivity contribution in [2.24, 2.45) is 7.05 Å². The van der Waals surface area contributed by atoms with Crippen LogP contribution in [0, 0.1) is 13.8 Å². The number of hydrogen-bond donors (Lipinski definition) is 4. The molecule has 15 heteroatoms. The molecule has 2 aromatic heterocycles. The maximum absolute atomic E-state index is 13.6. The summed E-state index contributed by atoms with van der Waals surface area (Å²) in [6.07, 6.45) is 3.86. The van der Waals surface area contributed by atoms with Crippen LogP contribution in [0.3, 0.4) is 0 Å². The van der Waals surface area contributed by atoms with Crippen LogP contribution >= 0.6 is 0 Å². The van der Waals surface area contributed by atoms with Gasteiger partial charge in [-0.1, -0.05) is 36.4 Å². The lowest BCUT2D eigenvalue weighted by atomic mass is 9.98. The number of amides is 5. The van der Waals surface area contributed by atoms with E-state index >= 15 is 0 Å². The summed E-state index contributed by atoms with van der Waals surface area (Å²) in [7, 11) is 1.85. The Bertz CT molecular complexity index is 2450. The molecule has 55 heavy (non-hydrogen) atoms. The average Bonchev–Trinajstić information content (AvgIpc) is 3.62. The normalized spacial score (nSPS) is 16.9. The summed E-state index contributed by atoms with van der Waals surface area (Å²) in [5, 5.41) is 17.4. The minimum absolute atomic E-state index is 0.0100. The highest BCUT2D eigenvalue weighted by Crippen LogP contribution is 2.30. The lowest BCUT2D eigenvalue weighted by molar-refractivity contribution is -0.149. The van der Waals surface area contributed by atoms with Crippen molar-refractivity contribution in [2.75, 3.05) is 22.5 Å². The summed E-state index contributed by atoms with van der Waals surface area (Å²) in [6.45, 7) is 5.13. The first-order valence-corrected chi connectivity index (χ1v) is 18.0. The first-order valence-electron chi connectivity index (χ1n) is 18.0. The largest absolute Gasteiger partial charge is 0.351 e. The lowest BCUT2D eigenvalue weighted by Gasteiger charge is -2.29. The van der Waals surface area contributed by atoms with Gasteiger partial charge in [0.15, 0.2) is 11.5 Å². The molecule has 0 bridgehead atoms. The van der Waals surface area contributed by atoms with Gasteiger partial charge in [0.1, 0.15) is 11.7 Å². The molecule has 278 valence electrons. The molecule has 15 nitrogen and oxygen atoms in total. The number of para-hydroxylation sites is 1. The monoisotopic (exact) mass is 738 g/mol. The second-order valence-electron chi connectivity index (χ2n) is 14.0. The number of nitrogens with one attached hydrogen (secondary N) is 4. The van der Waals surface area contributed by atoms with Gasteiger partial charge in [0.25, 0.3) is 11.8 Å². The maximum Gasteiger partial charge on any atom is 0.278 e. The van der Waals surface area contributed by atoms with Gasteiger partial charge >= 0.3 is 0 Å². The third-order valence-electron chi connectivity index (χ3n) is 10.2. The molecule has 5 aromatic rings. The SMILES string of the molecule is Cc1cccc(C)c1Nc1nn(C)c2nc(Nc3ccc4c(c3)CN(C(=O)Cc3cccc(NC5=CC(=O)N(C6CCC(=O)NC6=O)C5=O)c3)CC4)ncc12. The molecule has 0 aliphatic carbocycles. The fourth-order valence-corrected chi connectivity index (χ4v) is 7.30. The predicted molar refractivity (Wildman–Crippen MR) is 204 cm³/mol. The van der Waals surface area contributed by atoms with Crippen LogP contribution in [0.1, 0.15) is 40.7 Å². The summed E-state index contributed by atoms with van der Waals surface area (Å²) in [6, 6.07) is 18.2. The predicted octanol–water partition coefficient (Wildman–Crippen LogP) is 4.06. The quantitative estimate of drug-likeness (QED) is 0.160. The number of imide groups is 2. The van der Waals surface area contributed by atoms with Crippen molar-refractivity contribution >= 4 is 69.4 Å². The van der Waals surface area contributed by atoms with E-state index in [1.807, 2.05) is 36.2 Å². The number of nitrogens with zero attached hydrogens (tertiary/aromatic N) is 6. The van der Waals surface area contributed by atoms with Crippen LogP contribution in [0.2, 0.25) is 0 Å². The van der Waals surface area contributed by atoms with Crippen molar-refractivity contribution in [1.29, 1.82) is 0 Å². The van der Waals surface area contributed by atoms with Gasteiger partial charge in [-0.25, -0.2) is 9.67 Å². The number of anilines is 5. The fraction of sp³-hybridized carbons (Fsp3) is 0.250. The molecule has 0 spiro atoms. The van der Waals surface area contributed by atoms with Gasteiger partial charge < -0.3 is 20.9 Å². The Kier molecular flexibility index (Phi) is 9.04. The van der Waals surface area contributed by atoms with E-state index in [0.717, 1.165) is 50.0 Å². The van der Waals surface area contributed by atoms with Crippen molar-refractivity contribution in [3.8, 4) is 0 Å². The van der Waals surface area contributed by atoms with Gasteiger partial charge in [-0.05, 0) is 78.8 Å². The number of rotatable bonds is 9. The molecule has 0 radical (unpaired) electrons. The molecule has 1 fully saturated rings. The van der Waals surface area contributed by atoms with Gasteiger partial charge in [0, 0.05) is 55.9 Å². The van der Waals surface area contributed by atoms with E-state index in [1.54, 1.807) is 29.1 Å². The Morgan fingerprint density at radius 2 is 1.69 bits per heavy atom. The van der Waals surface area contributed by atoms with Crippen LogP contribution in [0.5, 0.6) is 0 Å². The topological polar surface area (TPSA) is 184 Å². The third kappa shape index (κ3) is 6.99. The van der Waals surface area contributed by atoms with Crippen LogP contribution in [0.4, 0.5) is 28.8 Å². The zero-order chi connectivity index (χ0) is 38.4. The van der Waals surface area contributed by atoms with Crippen LogP contribution in [-0.2, 0) is 50.4 Å². The van der Waals surface area contributed by atoms with Gasteiger partial charge in [-0.2, -0.15) is 10.1 Å². The Labute approximate surface area is 315 Å². The minimum atomic E-state index is -1.05. The van der Waals surface area contributed by atoms with Gasteiger partial charge in [-0.3, -0.25) is 34.2 Å². The molecule has 4 N–H and O–H groups in total. The minimum Gasteiger partial charge on any atom is -0.351 e. The fourth-order valence-electron chi connectivity index (χ4n) is 7.30. The zero-order valence-electron chi connectivity index (χ0n) is 30.5. The summed E-state index contributed by atoms with van der Waals surface area (Å²) >= 11 is 0. The van der Waals surface area contributed by atoms with Gasteiger partial charge in [0.05, 0.1) is 11.8 Å². The first kappa shape index (κ1) is 35.1. The Morgan fingerprint density at radius 1 is 0.909 bits per heavy atom. The number of benzene rings is 3. The van der Waals surface area contributed by atoms with Gasteiger partial charge in [0.2, 0.25) is 23.7 Å². The highest BCUT2D eigenvalue weighted by atomic mass is 16.2. The summed E-state index contributed by atoms with van der Waals surface area (Å²) in [5.74, 6) is -1.33. The molecule has 1 unspecified atom stereocenters. The molecule has 3 aromatic carbocycles.